The molecule has 0 aliphatic heterocycles. The molecule has 130 valence electrons. The summed E-state index contributed by atoms with van der Waals surface area (Å²) in [6.07, 6.45) is -1.55. The first-order chi connectivity index (χ1) is 11.9. The molecule has 1 atom stereocenters. The molecule has 2 N–H and O–H groups in total. The highest BCUT2D eigenvalue weighted by Gasteiger charge is 2.24. The van der Waals surface area contributed by atoms with E-state index in [-0.39, 0.29) is 17.8 Å². The van der Waals surface area contributed by atoms with Crippen LogP contribution in [0.5, 0.6) is 0 Å². The number of nitrogens with zero attached hydrogens (tertiary/aromatic N) is 3. The van der Waals surface area contributed by atoms with Gasteiger partial charge >= 0.3 is 0 Å². The fraction of sp³-hybridized carbons (Fsp3) is 0.235. The lowest BCUT2D eigenvalue weighted by Crippen LogP contribution is -2.38. The van der Waals surface area contributed by atoms with Gasteiger partial charge < -0.3 is 10.4 Å². The molecule has 1 unspecified atom stereocenters. The summed E-state index contributed by atoms with van der Waals surface area (Å²) in [5.41, 5.74) is -0.211. The van der Waals surface area contributed by atoms with Crippen molar-refractivity contribution in [3.63, 3.8) is 0 Å². The van der Waals surface area contributed by atoms with Gasteiger partial charge in [-0.25, -0.2) is 8.78 Å². The van der Waals surface area contributed by atoms with Gasteiger partial charge in [-0.1, -0.05) is 30.3 Å². The van der Waals surface area contributed by atoms with Gasteiger partial charge in [0, 0.05) is 6.20 Å². The number of amides is 1. The maximum atomic E-state index is 12.9. The van der Waals surface area contributed by atoms with Gasteiger partial charge in [-0.3, -0.25) is 9.20 Å². The molecule has 0 aliphatic rings. The molecule has 2 heterocycles. The predicted octanol–water partition coefficient (Wildman–Crippen LogP) is 2.30. The zero-order valence-corrected chi connectivity index (χ0v) is 13.4. The number of benzene rings is 1. The minimum absolute atomic E-state index is 0.0300. The van der Waals surface area contributed by atoms with Crippen LogP contribution in [0.25, 0.3) is 5.65 Å². The fourth-order valence-corrected chi connectivity index (χ4v) is 2.45. The Hall–Kier alpha value is -2.87. The summed E-state index contributed by atoms with van der Waals surface area (Å²) in [6.45, 7) is 1.55. The van der Waals surface area contributed by atoms with Gasteiger partial charge in [-0.2, -0.15) is 0 Å². The van der Waals surface area contributed by atoms with Gasteiger partial charge in [0.05, 0.1) is 12.1 Å². The minimum atomic E-state index is -2.80. The Balaban J connectivity index is 1.77. The second-order valence-electron chi connectivity index (χ2n) is 5.83. The third-order valence-electron chi connectivity index (χ3n) is 3.87. The van der Waals surface area contributed by atoms with Crippen LogP contribution in [0.3, 0.4) is 0 Å². The summed E-state index contributed by atoms with van der Waals surface area (Å²) in [5.74, 6) is -1.02. The van der Waals surface area contributed by atoms with E-state index in [1.165, 1.54) is 18.3 Å². The van der Waals surface area contributed by atoms with Gasteiger partial charge in [0.15, 0.2) is 5.65 Å². The molecule has 1 amide bonds. The molecule has 1 aromatic carbocycles. The molecule has 3 rings (SSSR count). The van der Waals surface area contributed by atoms with Crippen molar-refractivity contribution < 1.29 is 18.7 Å². The monoisotopic (exact) mass is 346 g/mol. The first-order valence-electron chi connectivity index (χ1n) is 7.57. The van der Waals surface area contributed by atoms with Crippen molar-refractivity contribution in [1.29, 1.82) is 0 Å². The van der Waals surface area contributed by atoms with E-state index in [1.54, 1.807) is 31.2 Å². The third kappa shape index (κ3) is 3.48. The average molecular weight is 346 g/mol. The molecule has 0 saturated heterocycles. The lowest BCUT2D eigenvalue weighted by atomic mass is 9.96. The smallest absolute Gasteiger partial charge is 0.297 e. The lowest BCUT2D eigenvalue weighted by Gasteiger charge is -2.24. The highest BCUT2D eigenvalue weighted by Crippen LogP contribution is 2.20. The number of carbonyl (C=O) groups excluding carboxylic acids is 1. The van der Waals surface area contributed by atoms with Gasteiger partial charge in [-0.15, -0.1) is 10.2 Å². The zero-order chi connectivity index (χ0) is 18.0. The molecule has 0 aliphatic carbocycles. The van der Waals surface area contributed by atoms with Crippen LogP contribution < -0.4 is 5.32 Å². The summed E-state index contributed by atoms with van der Waals surface area (Å²) in [7, 11) is 0. The molecule has 8 heteroatoms. The Morgan fingerprint density at radius 3 is 2.64 bits per heavy atom. The largest absolute Gasteiger partial charge is 0.384 e. The summed E-state index contributed by atoms with van der Waals surface area (Å²) >= 11 is 0. The lowest BCUT2D eigenvalue weighted by molar-refractivity contribution is 0.0526. The van der Waals surface area contributed by atoms with Crippen molar-refractivity contribution in [2.75, 3.05) is 6.54 Å². The normalized spacial score (nSPS) is 13.8. The Morgan fingerprint density at radius 2 is 1.96 bits per heavy atom. The molecule has 0 bridgehead atoms. The second-order valence-corrected chi connectivity index (χ2v) is 5.83. The molecule has 25 heavy (non-hydrogen) atoms. The standard InChI is InChI=1S/C17H16F2N4O2/c1-17(25,12-5-3-2-4-6-12)10-20-16(24)11-7-8-13-21-22-15(14(18)19)23(13)9-11/h2-9,14,25H,10H2,1H3,(H,20,24). The molecular weight excluding hydrogens is 330 g/mol. The van der Waals surface area contributed by atoms with Crippen LogP contribution in [-0.4, -0.2) is 32.2 Å². The molecule has 3 aromatic rings. The number of hydrogen-bond acceptors (Lipinski definition) is 4. The Morgan fingerprint density at radius 1 is 1.24 bits per heavy atom. The average Bonchev–Trinajstić information content (AvgIpc) is 3.04. The Kier molecular flexibility index (Phi) is 4.45. The van der Waals surface area contributed by atoms with Crippen molar-refractivity contribution in [1.82, 2.24) is 19.9 Å². The quantitative estimate of drug-likeness (QED) is 0.743. The first-order valence-corrected chi connectivity index (χ1v) is 7.57. The number of aliphatic hydroxyl groups is 1. The zero-order valence-electron chi connectivity index (χ0n) is 13.4. The summed E-state index contributed by atoms with van der Waals surface area (Å²) in [4.78, 5) is 12.3. The van der Waals surface area contributed by atoms with E-state index in [9.17, 15) is 18.7 Å². The number of fused-ring (bicyclic) bond motifs is 1. The van der Waals surface area contributed by atoms with E-state index < -0.39 is 23.8 Å². The van der Waals surface area contributed by atoms with Gasteiger partial charge in [-0.05, 0) is 24.6 Å². The minimum Gasteiger partial charge on any atom is -0.384 e. The number of pyridine rings is 1. The highest BCUT2D eigenvalue weighted by atomic mass is 19.3. The molecule has 0 radical (unpaired) electrons. The van der Waals surface area contributed by atoms with Crippen LogP contribution in [0.1, 0.15) is 35.1 Å². The van der Waals surface area contributed by atoms with E-state index in [1.807, 2.05) is 6.07 Å². The fourth-order valence-electron chi connectivity index (χ4n) is 2.45. The molecule has 0 fully saturated rings. The summed E-state index contributed by atoms with van der Waals surface area (Å²) in [6, 6.07) is 11.8. The van der Waals surface area contributed by atoms with Crippen molar-refractivity contribution in [3.05, 3.63) is 65.6 Å². The highest BCUT2D eigenvalue weighted by molar-refractivity contribution is 5.94. The van der Waals surface area contributed by atoms with Gasteiger partial charge in [0.2, 0.25) is 5.82 Å². The van der Waals surface area contributed by atoms with Crippen LogP contribution in [0.2, 0.25) is 0 Å². The van der Waals surface area contributed by atoms with Crippen LogP contribution in [0.15, 0.2) is 48.7 Å². The van der Waals surface area contributed by atoms with Crippen LogP contribution in [0.4, 0.5) is 8.78 Å². The van der Waals surface area contributed by atoms with E-state index in [4.69, 9.17) is 0 Å². The predicted molar refractivity (Wildman–Crippen MR) is 86.3 cm³/mol. The van der Waals surface area contributed by atoms with E-state index >= 15 is 0 Å². The number of aromatic nitrogens is 3. The molecule has 6 nitrogen and oxygen atoms in total. The number of halogens is 2. The second kappa shape index (κ2) is 6.56. The van der Waals surface area contributed by atoms with E-state index in [0.717, 1.165) is 4.40 Å². The van der Waals surface area contributed by atoms with Crippen LogP contribution >= 0.6 is 0 Å². The molecule has 0 saturated carbocycles. The van der Waals surface area contributed by atoms with E-state index in [0.29, 0.717) is 5.56 Å². The SMILES string of the molecule is CC(O)(CNC(=O)c1ccc2nnc(C(F)F)n2c1)c1ccccc1. The van der Waals surface area contributed by atoms with Gasteiger partial charge in [0.1, 0.15) is 5.60 Å². The summed E-state index contributed by atoms with van der Waals surface area (Å²) < 4.78 is 26.9. The maximum absolute atomic E-state index is 12.9. The number of rotatable bonds is 5. The van der Waals surface area contributed by atoms with Crippen molar-refractivity contribution in [2.24, 2.45) is 0 Å². The van der Waals surface area contributed by atoms with Crippen LogP contribution in [0, 0.1) is 0 Å². The topological polar surface area (TPSA) is 79.5 Å². The number of hydrogen-bond donors (Lipinski definition) is 2. The van der Waals surface area contributed by atoms with Crippen molar-refractivity contribution in [2.45, 2.75) is 19.0 Å². The molecular formula is C17H16F2N4O2. The maximum Gasteiger partial charge on any atom is 0.297 e. The first kappa shape index (κ1) is 17.0. The van der Waals surface area contributed by atoms with Crippen molar-refractivity contribution in [3.8, 4) is 0 Å². The Labute approximate surface area is 142 Å². The van der Waals surface area contributed by atoms with Crippen molar-refractivity contribution >= 4 is 11.6 Å². The van der Waals surface area contributed by atoms with E-state index in [2.05, 4.69) is 15.5 Å². The van der Waals surface area contributed by atoms with Gasteiger partial charge in [0.25, 0.3) is 12.3 Å². The number of alkyl halides is 2. The number of nitrogens with one attached hydrogen (secondary N) is 1. The Bertz CT molecular complexity index is 894. The third-order valence-corrected chi connectivity index (χ3v) is 3.87. The molecule has 0 spiro atoms. The number of carbonyl (C=O) groups is 1. The van der Waals surface area contributed by atoms with Crippen LogP contribution in [-0.2, 0) is 5.60 Å². The summed E-state index contributed by atoms with van der Waals surface area (Å²) in [5, 5.41) is 20.1. The molecule has 2 aromatic heterocycles.